The summed E-state index contributed by atoms with van der Waals surface area (Å²) in [6, 6.07) is 8.61. The second-order valence-corrected chi connectivity index (χ2v) is 7.78. The van der Waals surface area contributed by atoms with Gasteiger partial charge in [-0.1, -0.05) is 29.8 Å². The first-order valence-corrected chi connectivity index (χ1v) is 9.73. The van der Waals surface area contributed by atoms with Crippen molar-refractivity contribution in [2.24, 2.45) is 0 Å². The fourth-order valence-corrected chi connectivity index (χ4v) is 4.65. The quantitative estimate of drug-likeness (QED) is 0.641. The number of hydrogen-bond donors (Lipinski definition) is 0. The molecule has 0 amide bonds. The van der Waals surface area contributed by atoms with E-state index in [0.717, 1.165) is 31.4 Å². The Morgan fingerprint density at radius 3 is 2.92 bits per heavy atom. The van der Waals surface area contributed by atoms with Gasteiger partial charge in [0.1, 0.15) is 6.61 Å². The predicted octanol–water partition coefficient (Wildman–Crippen LogP) is 3.57. The molecule has 1 aromatic carbocycles. The molecular weight excluding hydrogens is 372 g/mol. The number of fused-ring (bicyclic) bond motifs is 3. The number of esters is 1. The lowest BCUT2D eigenvalue weighted by molar-refractivity contribution is -0.144. The zero-order valence-electron chi connectivity index (χ0n) is 14.0. The molecule has 1 aliphatic carbocycles. The molecule has 1 aliphatic rings. The van der Waals surface area contributed by atoms with Crippen molar-refractivity contribution in [2.45, 2.75) is 38.7 Å². The minimum absolute atomic E-state index is 0.0163. The average Bonchev–Trinajstić information content (AvgIpc) is 3.01. The first-order chi connectivity index (χ1) is 12.6. The van der Waals surface area contributed by atoms with Crippen molar-refractivity contribution in [3.63, 3.8) is 0 Å². The summed E-state index contributed by atoms with van der Waals surface area (Å²) >= 11 is 7.62. The summed E-state index contributed by atoms with van der Waals surface area (Å²) in [6.07, 6.45) is 4.27. The number of rotatable bonds is 4. The number of nitrogens with zero attached hydrogens (tertiary/aromatic N) is 2. The lowest BCUT2D eigenvalue weighted by atomic mass is 10.0. The number of thiazole rings is 1. The maximum absolute atomic E-state index is 12.5. The topological polar surface area (TPSA) is 60.7 Å². The summed E-state index contributed by atoms with van der Waals surface area (Å²) in [4.78, 5) is 31.0. The summed E-state index contributed by atoms with van der Waals surface area (Å²) in [5.74, 6) is -0.398. The van der Waals surface area contributed by atoms with Crippen molar-refractivity contribution in [3.8, 4) is 0 Å². The SMILES string of the molecule is O=C(Cc1ccccc1Cl)OCc1cc(=O)n2c3c(sc2n1)CCCC3. The molecule has 0 saturated heterocycles. The Kier molecular flexibility index (Phi) is 4.78. The van der Waals surface area contributed by atoms with E-state index in [2.05, 4.69) is 4.98 Å². The van der Waals surface area contributed by atoms with Crippen LogP contribution in [0.2, 0.25) is 5.02 Å². The number of carbonyl (C=O) groups excluding carboxylic acids is 1. The predicted molar refractivity (Wildman–Crippen MR) is 101 cm³/mol. The highest BCUT2D eigenvalue weighted by molar-refractivity contribution is 7.17. The zero-order chi connectivity index (χ0) is 18.1. The van der Waals surface area contributed by atoms with E-state index in [4.69, 9.17) is 16.3 Å². The maximum Gasteiger partial charge on any atom is 0.310 e. The molecular formula is C19H17ClN2O3S. The van der Waals surface area contributed by atoms with Crippen LogP contribution < -0.4 is 5.56 Å². The van der Waals surface area contributed by atoms with Crippen molar-refractivity contribution >= 4 is 33.9 Å². The van der Waals surface area contributed by atoms with Crippen LogP contribution in [-0.4, -0.2) is 15.4 Å². The number of ether oxygens (including phenoxy) is 1. The van der Waals surface area contributed by atoms with E-state index < -0.39 is 5.97 Å². The van der Waals surface area contributed by atoms with Crippen molar-refractivity contribution < 1.29 is 9.53 Å². The van der Waals surface area contributed by atoms with Crippen LogP contribution in [0.1, 0.15) is 34.7 Å². The Hall–Kier alpha value is -2.18. The van der Waals surface area contributed by atoms with Gasteiger partial charge in [0.05, 0.1) is 12.1 Å². The third-order valence-electron chi connectivity index (χ3n) is 4.49. The van der Waals surface area contributed by atoms with Crippen LogP contribution >= 0.6 is 22.9 Å². The molecule has 26 heavy (non-hydrogen) atoms. The fraction of sp³-hybridized carbons (Fsp3) is 0.316. The van der Waals surface area contributed by atoms with Crippen LogP contribution in [0.4, 0.5) is 0 Å². The van der Waals surface area contributed by atoms with Gasteiger partial charge >= 0.3 is 5.97 Å². The van der Waals surface area contributed by atoms with Gasteiger partial charge in [0.2, 0.25) is 0 Å². The minimum atomic E-state index is -0.398. The molecule has 0 aliphatic heterocycles. The summed E-state index contributed by atoms with van der Waals surface area (Å²) in [5, 5.41) is 0.534. The number of carbonyl (C=O) groups is 1. The van der Waals surface area contributed by atoms with Gasteiger partial charge in [-0.3, -0.25) is 14.0 Å². The van der Waals surface area contributed by atoms with Gasteiger partial charge in [-0.2, -0.15) is 0 Å². The van der Waals surface area contributed by atoms with Crippen LogP contribution in [0.3, 0.4) is 0 Å². The normalized spacial score (nSPS) is 13.6. The maximum atomic E-state index is 12.5. The van der Waals surface area contributed by atoms with E-state index in [1.165, 1.54) is 10.9 Å². The average molecular weight is 389 g/mol. The number of aromatic nitrogens is 2. The molecule has 0 radical (unpaired) electrons. The van der Waals surface area contributed by atoms with E-state index >= 15 is 0 Å². The highest BCUT2D eigenvalue weighted by Crippen LogP contribution is 2.28. The zero-order valence-corrected chi connectivity index (χ0v) is 15.6. The van der Waals surface area contributed by atoms with Crippen LogP contribution in [0.25, 0.3) is 4.96 Å². The third-order valence-corrected chi connectivity index (χ3v) is 6.00. The third kappa shape index (κ3) is 3.39. The molecule has 2 aromatic heterocycles. The molecule has 5 nitrogen and oxygen atoms in total. The lowest BCUT2D eigenvalue weighted by Crippen LogP contribution is -2.19. The van der Waals surface area contributed by atoms with Crippen molar-refractivity contribution in [1.82, 2.24) is 9.38 Å². The molecule has 0 bridgehead atoms. The van der Waals surface area contributed by atoms with Gasteiger partial charge in [-0.25, -0.2) is 4.98 Å². The largest absolute Gasteiger partial charge is 0.459 e. The Balaban J connectivity index is 1.50. The highest BCUT2D eigenvalue weighted by Gasteiger charge is 2.18. The van der Waals surface area contributed by atoms with E-state index in [-0.39, 0.29) is 18.6 Å². The second-order valence-electron chi connectivity index (χ2n) is 6.31. The monoisotopic (exact) mass is 388 g/mol. The summed E-state index contributed by atoms with van der Waals surface area (Å²) < 4.78 is 6.99. The molecule has 0 spiro atoms. The van der Waals surface area contributed by atoms with Crippen LogP contribution in [0.15, 0.2) is 35.1 Å². The highest BCUT2D eigenvalue weighted by atomic mass is 35.5. The minimum Gasteiger partial charge on any atom is -0.459 e. The molecule has 0 fully saturated rings. The van der Waals surface area contributed by atoms with Crippen LogP contribution in [-0.2, 0) is 35.4 Å². The first kappa shape index (κ1) is 17.2. The van der Waals surface area contributed by atoms with Gasteiger partial charge in [-0.15, -0.1) is 11.3 Å². The molecule has 2 heterocycles. The Morgan fingerprint density at radius 1 is 1.27 bits per heavy atom. The number of aryl methyl sites for hydroxylation is 2. The molecule has 0 saturated carbocycles. The molecule has 134 valence electrons. The van der Waals surface area contributed by atoms with Gasteiger partial charge in [0.15, 0.2) is 4.96 Å². The Morgan fingerprint density at radius 2 is 2.08 bits per heavy atom. The van der Waals surface area contributed by atoms with Gasteiger partial charge in [0.25, 0.3) is 5.56 Å². The molecule has 0 unspecified atom stereocenters. The van der Waals surface area contributed by atoms with Crippen molar-refractivity contribution in [2.75, 3.05) is 0 Å². The van der Waals surface area contributed by atoms with Crippen LogP contribution in [0, 0.1) is 0 Å². The molecule has 0 atom stereocenters. The Bertz CT molecular complexity index is 1040. The standard InChI is InChI=1S/C19H17ClN2O3S/c20-14-6-2-1-5-12(14)9-18(24)25-11-13-10-17(23)22-15-7-3-4-8-16(15)26-19(22)21-13/h1-2,5-6,10H,3-4,7-9,11H2. The first-order valence-electron chi connectivity index (χ1n) is 8.54. The van der Waals surface area contributed by atoms with E-state index in [1.54, 1.807) is 27.9 Å². The number of hydrogen-bond acceptors (Lipinski definition) is 5. The Labute approximate surface area is 159 Å². The van der Waals surface area contributed by atoms with Gasteiger partial charge < -0.3 is 4.74 Å². The fourth-order valence-electron chi connectivity index (χ4n) is 3.22. The van der Waals surface area contributed by atoms with Gasteiger partial charge in [0, 0.05) is 21.7 Å². The van der Waals surface area contributed by atoms with E-state index in [1.807, 2.05) is 12.1 Å². The summed E-state index contributed by atoms with van der Waals surface area (Å²) in [5.41, 5.74) is 2.18. The van der Waals surface area contributed by atoms with E-state index in [0.29, 0.717) is 21.2 Å². The van der Waals surface area contributed by atoms with Crippen molar-refractivity contribution in [3.05, 3.63) is 67.5 Å². The number of halogens is 1. The smallest absolute Gasteiger partial charge is 0.310 e. The van der Waals surface area contributed by atoms with Gasteiger partial charge in [-0.05, 0) is 37.3 Å². The van der Waals surface area contributed by atoms with Crippen LogP contribution in [0.5, 0.6) is 0 Å². The molecule has 3 aromatic rings. The summed E-state index contributed by atoms with van der Waals surface area (Å²) in [6.45, 7) is -0.0163. The van der Waals surface area contributed by atoms with Crippen molar-refractivity contribution in [1.29, 1.82) is 0 Å². The molecule has 0 N–H and O–H groups in total. The lowest BCUT2D eigenvalue weighted by Gasteiger charge is -2.10. The number of benzene rings is 1. The molecule has 7 heteroatoms. The summed E-state index contributed by atoms with van der Waals surface area (Å²) in [7, 11) is 0. The second kappa shape index (κ2) is 7.21. The van der Waals surface area contributed by atoms with E-state index in [9.17, 15) is 9.59 Å². The molecule has 4 rings (SSSR count).